The molecule has 0 bridgehead atoms. The molecular formula is C30H39N5O3. The van der Waals surface area contributed by atoms with Crippen molar-refractivity contribution in [2.24, 2.45) is 5.92 Å². The molecule has 1 saturated heterocycles. The van der Waals surface area contributed by atoms with E-state index in [1.807, 2.05) is 35.8 Å². The Kier molecular flexibility index (Phi) is 6.17. The summed E-state index contributed by atoms with van der Waals surface area (Å²) in [5.74, 6) is -0.214. The number of aliphatic hydroxyl groups is 1. The van der Waals surface area contributed by atoms with E-state index in [0.29, 0.717) is 43.8 Å². The molecule has 1 aliphatic carbocycles. The highest BCUT2D eigenvalue weighted by Gasteiger charge is 2.47. The van der Waals surface area contributed by atoms with Crippen LogP contribution in [0.15, 0.2) is 36.5 Å². The molecule has 0 radical (unpaired) electrons. The van der Waals surface area contributed by atoms with Crippen LogP contribution in [0.2, 0.25) is 0 Å². The van der Waals surface area contributed by atoms with Crippen molar-refractivity contribution in [3.63, 3.8) is 0 Å². The second-order valence-electron chi connectivity index (χ2n) is 13.1. The van der Waals surface area contributed by atoms with Gasteiger partial charge in [-0.15, -0.1) is 0 Å². The summed E-state index contributed by atoms with van der Waals surface area (Å²) in [6.07, 6.45) is 2.73. The Labute approximate surface area is 224 Å². The van der Waals surface area contributed by atoms with E-state index in [4.69, 9.17) is 10.1 Å². The number of fused-ring (bicyclic) bond motifs is 1. The summed E-state index contributed by atoms with van der Waals surface area (Å²) < 4.78 is 1.74. The molecule has 8 nitrogen and oxygen atoms in total. The van der Waals surface area contributed by atoms with Gasteiger partial charge in [0.15, 0.2) is 5.65 Å². The molecule has 3 aromatic rings. The number of hydrogen-bond acceptors (Lipinski definition) is 5. The first-order valence-electron chi connectivity index (χ1n) is 13.5. The second kappa shape index (κ2) is 8.90. The quantitative estimate of drug-likeness (QED) is 0.562. The Bertz CT molecular complexity index is 1410. The Balaban J connectivity index is 1.43. The van der Waals surface area contributed by atoms with Crippen molar-refractivity contribution in [1.82, 2.24) is 24.4 Å². The van der Waals surface area contributed by atoms with Gasteiger partial charge in [-0.3, -0.25) is 9.59 Å². The molecule has 1 aromatic carbocycles. The van der Waals surface area contributed by atoms with Crippen LogP contribution in [0.4, 0.5) is 0 Å². The number of aryl methyl sites for hydroxylation is 1. The molecule has 1 saturated carbocycles. The minimum atomic E-state index is -0.740. The molecule has 202 valence electrons. The number of carbonyl (C=O) groups excluding carboxylic acids is 2. The zero-order chi connectivity index (χ0) is 27.6. The third kappa shape index (κ3) is 4.82. The number of benzene rings is 1. The third-order valence-electron chi connectivity index (χ3n) is 7.95. The topological polar surface area (TPSA) is 91.0 Å². The molecule has 0 unspecified atom stereocenters. The second-order valence-corrected chi connectivity index (χ2v) is 13.1. The number of amides is 2. The van der Waals surface area contributed by atoms with Gasteiger partial charge in [0.25, 0.3) is 5.91 Å². The molecule has 1 N–H and O–H groups in total. The van der Waals surface area contributed by atoms with Crippen molar-refractivity contribution in [3.05, 3.63) is 53.3 Å². The number of nitrogens with zero attached hydrogens (tertiary/aromatic N) is 5. The van der Waals surface area contributed by atoms with E-state index >= 15 is 0 Å². The predicted octanol–water partition coefficient (Wildman–Crippen LogP) is 4.23. The van der Waals surface area contributed by atoms with E-state index in [1.54, 1.807) is 17.6 Å². The minimum Gasteiger partial charge on any atom is -0.390 e. The molecule has 2 aliphatic rings. The number of carbonyl (C=O) groups is 2. The van der Waals surface area contributed by atoms with Crippen molar-refractivity contribution in [1.29, 1.82) is 0 Å². The van der Waals surface area contributed by atoms with E-state index < -0.39 is 11.1 Å². The highest BCUT2D eigenvalue weighted by Crippen LogP contribution is 2.39. The van der Waals surface area contributed by atoms with Crippen LogP contribution in [-0.2, 0) is 10.2 Å². The van der Waals surface area contributed by atoms with Gasteiger partial charge >= 0.3 is 0 Å². The Morgan fingerprint density at radius 1 is 1.08 bits per heavy atom. The van der Waals surface area contributed by atoms with Crippen molar-refractivity contribution < 1.29 is 14.7 Å². The van der Waals surface area contributed by atoms with Crippen LogP contribution >= 0.6 is 0 Å². The van der Waals surface area contributed by atoms with Gasteiger partial charge < -0.3 is 14.9 Å². The van der Waals surface area contributed by atoms with E-state index in [1.165, 1.54) is 0 Å². The maximum atomic E-state index is 13.8. The lowest BCUT2D eigenvalue weighted by Gasteiger charge is -2.49. The first-order chi connectivity index (χ1) is 17.6. The zero-order valence-electron chi connectivity index (χ0n) is 23.6. The summed E-state index contributed by atoms with van der Waals surface area (Å²) in [5, 5.41) is 14.9. The zero-order valence-corrected chi connectivity index (χ0v) is 23.6. The number of rotatable bonds is 3. The van der Waals surface area contributed by atoms with E-state index in [-0.39, 0.29) is 23.1 Å². The summed E-state index contributed by atoms with van der Waals surface area (Å²) in [7, 11) is 0. The third-order valence-corrected chi connectivity index (χ3v) is 7.95. The molecule has 2 amide bonds. The molecule has 2 fully saturated rings. The van der Waals surface area contributed by atoms with Crippen LogP contribution in [0, 0.1) is 12.8 Å². The Hall–Kier alpha value is -3.26. The first-order valence-corrected chi connectivity index (χ1v) is 13.5. The van der Waals surface area contributed by atoms with Gasteiger partial charge in [-0.25, -0.2) is 9.50 Å². The lowest BCUT2D eigenvalue weighted by Crippen LogP contribution is -2.63. The van der Waals surface area contributed by atoms with Gasteiger partial charge in [0.05, 0.1) is 23.0 Å². The van der Waals surface area contributed by atoms with Crippen molar-refractivity contribution >= 4 is 17.5 Å². The number of aromatic nitrogens is 3. The van der Waals surface area contributed by atoms with Crippen LogP contribution in [0.3, 0.4) is 0 Å². The fourth-order valence-electron chi connectivity index (χ4n) is 5.87. The van der Waals surface area contributed by atoms with Crippen LogP contribution < -0.4 is 0 Å². The van der Waals surface area contributed by atoms with E-state index in [9.17, 15) is 14.7 Å². The molecule has 0 atom stereocenters. The molecule has 38 heavy (non-hydrogen) atoms. The van der Waals surface area contributed by atoms with Crippen molar-refractivity contribution in [3.8, 4) is 11.3 Å². The average Bonchev–Trinajstić information content (AvgIpc) is 3.24. The Morgan fingerprint density at radius 3 is 2.39 bits per heavy atom. The maximum absolute atomic E-state index is 13.8. The summed E-state index contributed by atoms with van der Waals surface area (Å²) in [6, 6.07) is 10.3. The number of piperazine rings is 1. The molecule has 0 spiro atoms. The Morgan fingerprint density at radius 2 is 1.79 bits per heavy atom. The fourth-order valence-corrected chi connectivity index (χ4v) is 5.87. The minimum absolute atomic E-state index is 0.0760. The van der Waals surface area contributed by atoms with Crippen LogP contribution in [-0.4, -0.2) is 72.1 Å². The van der Waals surface area contributed by atoms with Gasteiger partial charge in [-0.05, 0) is 58.1 Å². The normalized spacial score (nSPS) is 23.4. The average molecular weight is 518 g/mol. The predicted molar refractivity (Wildman–Crippen MR) is 147 cm³/mol. The molecular weight excluding hydrogens is 478 g/mol. The molecule has 8 heteroatoms. The van der Waals surface area contributed by atoms with Gasteiger partial charge in [0.1, 0.15) is 5.69 Å². The lowest BCUT2D eigenvalue weighted by atomic mass is 9.71. The van der Waals surface area contributed by atoms with E-state index in [0.717, 1.165) is 22.4 Å². The smallest absolute Gasteiger partial charge is 0.274 e. The molecule has 3 heterocycles. The molecule has 5 rings (SSSR count). The highest BCUT2D eigenvalue weighted by atomic mass is 16.3. The largest absolute Gasteiger partial charge is 0.390 e. The van der Waals surface area contributed by atoms with Crippen molar-refractivity contribution in [2.75, 3.05) is 19.6 Å². The maximum Gasteiger partial charge on any atom is 0.274 e. The molecule has 1 aliphatic heterocycles. The summed E-state index contributed by atoms with van der Waals surface area (Å²) in [6.45, 7) is 15.6. The van der Waals surface area contributed by atoms with Gasteiger partial charge in [-0.2, -0.15) is 5.10 Å². The summed E-state index contributed by atoms with van der Waals surface area (Å²) >= 11 is 0. The van der Waals surface area contributed by atoms with E-state index in [2.05, 4.69) is 45.9 Å². The monoisotopic (exact) mass is 517 g/mol. The van der Waals surface area contributed by atoms with Gasteiger partial charge in [0, 0.05) is 36.7 Å². The fraction of sp³-hybridized carbons (Fsp3) is 0.533. The van der Waals surface area contributed by atoms with Crippen LogP contribution in [0.25, 0.3) is 16.9 Å². The highest BCUT2D eigenvalue weighted by molar-refractivity contribution is 5.94. The van der Waals surface area contributed by atoms with Crippen LogP contribution in [0.1, 0.15) is 76.0 Å². The van der Waals surface area contributed by atoms with Crippen LogP contribution in [0.5, 0.6) is 0 Å². The summed E-state index contributed by atoms with van der Waals surface area (Å²) in [5.41, 5.74) is 3.58. The summed E-state index contributed by atoms with van der Waals surface area (Å²) in [4.78, 5) is 35.3. The van der Waals surface area contributed by atoms with Gasteiger partial charge in [-0.1, -0.05) is 44.5 Å². The first kappa shape index (κ1) is 26.4. The molecule has 2 aromatic heterocycles. The number of imidazole rings is 1. The lowest BCUT2D eigenvalue weighted by molar-refractivity contribution is -0.153. The number of hydrogen-bond donors (Lipinski definition) is 1. The SMILES string of the molecule is Cc1cccc(-c2cc(C(C)(C)C)c3nc(C(=O)N4CCN(C(=O)C5CC(C)(O)C5)CC4(C)C)cn3n2)c1. The standard InChI is InChI=1S/C30H39N5O3/c1-19-9-8-10-20(13-19)23-14-22(28(2,3)4)25-31-24(17-35(25)32-23)27(37)34-12-11-33(18-29(34,5)6)26(36)21-15-30(7,38)16-21/h8-10,13-14,17,21,38H,11-12,15-16,18H2,1-7H3. The van der Waals surface area contributed by atoms with Crippen molar-refractivity contribution in [2.45, 2.75) is 77.9 Å². The van der Waals surface area contributed by atoms with Gasteiger partial charge in [0.2, 0.25) is 5.91 Å².